The van der Waals surface area contributed by atoms with E-state index >= 15 is 0 Å². The predicted octanol–water partition coefficient (Wildman–Crippen LogP) is 3.53. The van der Waals surface area contributed by atoms with Gasteiger partial charge in [-0.3, -0.25) is 14.5 Å². The Balaban J connectivity index is 1.94. The monoisotopic (exact) mass is 433 g/mol. The quantitative estimate of drug-likeness (QED) is 0.660. The minimum absolute atomic E-state index is 0.110. The number of hydrogen-bond acceptors (Lipinski definition) is 3. The van der Waals surface area contributed by atoms with E-state index in [1.165, 1.54) is 7.05 Å². The topological polar surface area (TPSA) is 43.9 Å². The third kappa shape index (κ3) is 7.19. The van der Waals surface area contributed by atoms with Crippen LogP contribution in [-0.4, -0.2) is 79.0 Å². The maximum atomic E-state index is 12.9. The van der Waals surface area contributed by atoms with Gasteiger partial charge in [0, 0.05) is 43.3 Å². The Morgan fingerprint density at radius 1 is 1.21 bits per heavy atom. The average molecular weight is 434 g/mol. The van der Waals surface area contributed by atoms with Gasteiger partial charge in [0.2, 0.25) is 5.91 Å². The molecule has 9 heteroatoms. The van der Waals surface area contributed by atoms with Crippen LogP contribution in [0.5, 0.6) is 0 Å². The van der Waals surface area contributed by atoms with Crippen molar-refractivity contribution in [1.82, 2.24) is 14.7 Å². The number of likely N-dealkylation sites (tertiary alicyclic amines) is 1. The normalized spacial score (nSPS) is 17.5. The summed E-state index contributed by atoms with van der Waals surface area (Å²) in [5, 5.41) is 0.544. The minimum Gasteiger partial charge on any atom is -0.341 e. The van der Waals surface area contributed by atoms with Gasteiger partial charge in [0.25, 0.3) is 5.91 Å². The molecule has 1 aliphatic rings. The zero-order valence-electron chi connectivity index (χ0n) is 16.7. The first kappa shape index (κ1) is 23.5. The van der Waals surface area contributed by atoms with Crippen LogP contribution in [0.2, 0.25) is 5.02 Å². The molecule has 1 aliphatic heterocycles. The van der Waals surface area contributed by atoms with Gasteiger partial charge in [0.15, 0.2) is 0 Å². The summed E-state index contributed by atoms with van der Waals surface area (Å²) in [5.74, 6) is -0.596. The summed E-state index contributed by atoms with van der Waals surface area (Å²) >= 11 is 5.86. The number of piperidine rings is 1. The lowest BCUT2D eigenvalue weighted by Crippen LogP contribution is -2.48. The molecule has 1 aromatic carbocycles. The standard InChI is InChI=1S/C20H27ClF3N3O2/c1-3-26(12-11-25(2)14-20(22,23)24)19(29)16-5-4-10-27(13-16)18(28)15-6-8-17(21)9-7-15/h6-9,16H,3-5,10-14H2,1-2H3/t16-/m0/s1. The average Bonchev–Trinajstić information content (AvgIpc) is 2.67. The number of halogens is 4. The Morgan fingerprint density at radius 2 is 1.86 bits per heavy atom. The molecule has 29 heavy (non-hydrogen) atoms. The molecule has 1 heterocycles. The number of carbonyl (C=O) groups excluding carboxylic acids is 2. The summed E-state index contributed by atoms with van der Waals surface area (Å²) < 4.78 is 37.4. The second-order valence-electron chi connectivity index (χ2n) is 7.37. The van der Waals surface area contributed by atoms with Gasteiger partial charge in [0.05, 0.1) is 12.5 Å². The molecule has 0 spiro atoms. The van der Waals surface area contributed by atoms with Gasteiger partial charge in [-0.05, 0) is 51.1 Å². The Hall–Kier alpha value is -1.80. The van der Waals surface area contributed by atoms with Crippen molar-refractivity contribution in [1.29, 1.82) is 0 Å². The van der Waals surface area contributed by atoms with Crippen molar-refractivity contribution >= 4 is 23.4 Å². The van der Waals surface area contributed by atoms with Crippen LogP contribution >= 0.6 is 11.6 Å². The van der Waals surface area contributed by atoms with Crippen LogP contribution in [0.4, 0.5) is 13.2 Å². The van der Waals surface area contributed by atoms with Crippen LogP contribution in [-0.2, 0) is 4.79 Å². The summed E-state index contributed by atoms with van der Waals surface area (Å²) in [5.41, 5.74) is 0.517. The van der Waals surface area contributed by atoms with Crippen molar-refractivity contribution in [3.8, 4) is 0 Å². The molecule has 1 atom stereocenters. The Labute approximate surface area is 174 Å². The molecular formula is C20H27ClF3N3O2. The Kier molecular flexibility index (Phi) is 8.34. The molecule has 0 bridgehead atoms. The van der Waals surface area contributed by atoms with Crippen LogP contribution in [0.3, 0.4) is 0 Å². The van der Waals surface area contributed by atoms with Gasteiger partial charge in [-0.25, -0.2) is 0 Å². The number of rotatable bonds is 7. The summed E-state index contributed by atoms with van der Waals surface area (Å²) in [7, 11) is 1.39. The fourth-order valence-corrected chi connectivity index (χ4v) is 3.62. The summed E-state index contributed by atoms with van der Waals surface area (Å²) in [6.45, 7) is 2.47. The first-order chi connectivity index (χ1) is 13.6. The number of benzene rings is 1. The molecule has 162 valence electrons. The predicted molar refractivity (Wildman–Crippen MR) is 106 cm³/mol. The fourth-order valence-electron chi connectivity index (χ4n) is 3.50. The molecule has 0 unspecified atom stereocenters. The van der Waals surface area contributed by atoms with Gasteiger partial charge >= 0.3 is 6.18 Å². The van der Waals surface area contributed by atoms with E-state index in [1.54, 1.807) is 41.0 Å². The van der Waals surface area contributed by atoms with Crippen LogP contribution in [0.15, 0.2) is 24.3 Å². The first-order valence-corrected chi connectivity index (χ1v) is 10.1. The number of likely N-dealkylation sites (N-methyl/N-ethyl adjacent to an activating group) is 2. The van der Waals surface area contributed by atoms with E-state index in [-0.39, 0.29) is 30.8 Å². The number of nitrogens with zero attached hydrogens (tertiary/aromatic N) is 3. The van der Waals surface area contributed by atoms with Crippen molar-refractivity contribution in [3.05, 3.63) is 34.9 Å². The van der Waals surface area contributed by atoms with Gasteiger partial charge in [-0.15, -0.1) is 0 Å². The Bertz CT molecular complexity index is 697. The highest BCUT2D eigenvalue weighted by molar-refractivity contribution is 6.30. The largest absolute Gasteiger partial charge is 0.401 e. The van der Waals surface area contributed by atoms with Crippen LogP contribution in [0, 0.1) is 5.92 Å². The van der Waals surface area contributed by atoms with Crippen LogP contribution < -0.4 is 0 Å². The van der Waals surface area contributed by atoms with Crippen LogP contribution in [0.1, 0.15) is 30.1 Å². The Morgan fingerprint density at radius 3 is 2.45 bits per heavy atom. The maximum Gasteiger partial charge on any atom is 0.401 e. The molecule has 0 aliphatic carbocycles. The highest BCUT2D eigenvalue weighted by Crippen LogP contribution is 2.22. The maximum absolute atomic E-state index is 12.9. The number of carbonyl (C=O) groups is 2. The lowest BCUT2D eigenvalue weighted by atomic mass is 9.95. The molecular weight excluding hydrogens is 407 g/mol. The molecule has 2 amide bonds. The van der Waals surface area contributed by atoms with Gasteiger partial charge in [-0.1, -0.05) is 11.6 Å². The zero-order valence-corrected chi connectivity index (χ0v) is 17.5. The molecule has 0 N–H and O–H groups in total. The highest BCUT2D eigenvalue weighted by Gasteiger charge is 2.32. The van der Waals surface area contributed by atoms with E-state index in [1.807, 2.05) is 0 Å². The molecule has 2 rings (SSSR count). The summed E-state index contributed by atoms with van der Waals surface area (Å²) in [4.78, 5) is 30.0. The summed E-state index contributed by atoms with van der Waals surface area (Å²) in [6.07, 6.45) is -2.89. The number of hydrogen-bond donors (Lipinski definition) is 0. The second-order valence-corrected chi connectivity index (χ2v) is 7.80. The lowest BCUT2D eigenvalue weighted by Gasteiger charge is -2.35. The van der Waals surface area contributed by atoms with Gasteiger partial charge < -0.3 is 9.80 Å². The zero-order chi connectivity index (χ0) is 21.6. The van der Waals surface area contributed by atoms with E-state index in [9.17, 15) is 22.8 Å². The van der Waals surface area contributed by atoms with Crippen molar-refractivity contribution in [2.45, 2.75) is 25.9 Å². The van der Waals surface area contributed by atoms with Crippen molar-refractivity contribution in [2.75, 3.05) is 46.3 Å². The molecule has 1 saturated heterocycles. The van der Waals surface area contributed by atoms with E-state index in [4.69, 9.17) is 11.6 Å². The van der Waals surface area contributed by atoms with Gasteiger partial charge in [0.1, 0.15) is 0 Å². The SMILES string of the molecule is CCN(CCN(C)CC(F)(F)F)C(=O)[C@H]1CCCN(C(=O)c2ccc(Cl)cc2)C1. The smallest absolute Gasteiger partial charge is 0.341 e. The second kappa shape index (κ2) is 10.3. The van der Waals surface area contributed by atoms with E-state index in [0.717, 1.165) is 4.90 Å². The van der Waals surface area contributed by atoms with E-state index < -0.39 is 12.7 Å². The van der Waals surface area contributed by atoms with Crippen molar-refractivity contribution in [2.24, 2.45) is 5.92 Å². The van der Waals surface area contributed by atoms with E-state index in [2.05, 4.69) is 0 Å². The fraction of sp³-hybridized carbons (Fsp3) is 0.600. The third-order valence-electron chi connectivity index (χ3n) is 5.04. The third-order valence-corrected chi connectivity index (χ3v) is 5.30. The number of amides is 2. The molecule has 5 nitrogen and oxygen atoms in total. The van der Waals surface area contributed by atoms with Gasteiger partial charge in [-0.2, -0.15) is 13.2 Å². The molecule has 1 aromatic rings. The highest BCUT2D eigenvalue weighted by atomic mass is 35.5. The molecule has 0 radical (unpaired) electrons. The molecule has 0 aromatic heterocycles. The molecule has 1 fully saturated rings. The minimum atomic E-state index is -4.26. The lowest BCUT2D eigenvalue weighted by molar-refractivity contribution is -0.144. The molecule has 0 saturated carbocycles. The van der Waals surface area contributed by atoms with Crippen molar-refractivity contribution < 1.29 is 22.8 Å². The van der Waals surface area contributed by atoms with Crippen molar-refractivity contribution in [3.63, 3.8) is 0 Å². The first-order valence-electron chi connectivity index (χ1n) is 9.69. The number of alkyl halides is 3. The van der Waals surface area contributed by atoms with E-state index in [0.29, 0.717) is 43.1 Å². The van der Waals surface area contributed by atoms with Crippen LogP contribution in [0.25, 0.3) is 0 Å². The summed E-state index contributed by atoms with van der Waals surface area (Å²) in [6, 6.07) is 6.62.